The first-order valence-electron chi connectivity index (χ1n) is 7.33. The summed E-state index contributed by atoms with van der Waals surface area (Å²) in [5.41, 5.74) is 1.88. The minimum absolute atomic E-state index is 0.298. The highest BCUT2D eigenvalue weighted by atomic mass is 32.2. The van der Waals surface area contributed by atoms with Crippen LogP contribution in [0, 0.1) is 0 Å². The van der Waals surface area contributed by atoms with Crippen molar-refractivity contribution in [2.24, 2.45) is 7.05 Å². The Labute approximate surface area is 143 Å². The lowest BCUT2D eigenvalue weighted by atomic mass is 10.1. The zero-order valence-corrected chi connectivity index (χ0v) is 14.3. The molecular weight excluding hydrogens is 328 g/mol. The number of carbonyl (C=O) groups is 3. The number of thioether (sulfide) groups is 1. The van der Waals surface area contributed by atoms with Crippen LogP contribution in [0.3, 0.4) is 0 Å². The lowest BCUT2D eigenvalue weighted by molar-refractivity contribution is -0.148. The molecule has 1 aliphatic heterocycles. The fourth-order valence-corrected chi connectivity index (χ4v) is 3.62. The third-order valence-corrected chi connectivity index (χ3v) is 4.85. The van der Waals surface area contributed by atoms with Gasteiger partial charge in [-0.3, -0.25) is 14.5 Å². The number of ether oxygens (including phenoxy) is 1. The molecule has 1 atom stereocenters. The minimum Gasteiger partial charge on any atom is -0.467 e. The van der Waals surface area contributed by atoms with Crippen LogP contribution in [0.1, 0.15) is 12.5 Å². The molecule has 2 amide bonds. The van der Waals surface area contributed by atoms with Crippen LogP contribution in [0.2, 0.25) is 0 Å². The van der Waals surface area contributed by atoms with Crippen molar-refractivity contribution < 1.29 is 19.1 Å². The van der Waals surface area contributed by atoms with Crippen LogP contribution in [0.4, 0.5) is 4.79 Å². The molecule has 6 nitrogen and oxygen atoms in total. The molecule has 0 aliphatic carbocycles. The van der Waals surface area contributed by atoms with Gasteiger partial charge in [-0.2, -0.15) is 0 Å². The molecule has 0 saturated carbocycles. The zero-order chi connectivity index (χ0) is 17.4. The fraction of sp³-hybridized carbons (Fsp3) is 0.235. The molecule has 1 aromatic carbocycles. The summed E-state index contributed by atoms with van der Waals surface area (Å²) in [5.74, 6) is -1.10. The lowest BCUT2D eigenvalue weighted by Crippen LogP contribution is -2.42. The van der Waals surface area contributed by atoms with Gasteiger partial charge in [0.2, 0.25) is 0 Å². The average molecular weight is 344 g/mol. The number of hydrogen-bond donors (Lipinski definition) is 0. The van der Waals surface area contributed by atoms with Gasteiger partial charge in [0.05, 0.1) is 12.0 Å². The standard InChI is InChI=1S/C17H16N2O4S/c1-10(16(21)23-3)19-15(20)14(24-17(19)22)8-11-9-18(2)13-7-5-4-6-12(11)13/h4-10H,1-3H3. The molecule has 1 unspecified atom stereocenters. The number of benzene rings is 1. The molecule has 1 aliphatic rings. The van der Waals surface area contributed by atoms with Gasteiger partial charge >= 0.3 is 5.97 Å². The molecule has 124 valence electrons. The van der Waals surface area contributed by atoms with Crippen LogP contribution in [-0.4, -0.2) is 39.7 Å². The molecule has 0 radical (unpaired) electrons. The molecule has 0 bridgehead atoms. The van der Waals surface area contributed by atoms with E-state index in [1.807, 2.05) is 42.1 Å². The highest BCUT2D eigenvalue weighted by Gasteiger charge is 2.41. The highest BCUT2D eigenvalue weighted by Crippen LogP contribution is 2.35. The molecule has 7 heteroatoms. The number of amides is 2. The van der Waals surface area contributed by atoms with E-state index in [-0.39, 0.29) is 0 Å². The number of aromatic nitrogens is 1. The van der Waals surface area contributed by atoms with Gasteiger partial charge in [-0.25, -0.2) is 4.79 Å². The number of methoxy groups -OCH3 is 1. The molecular formula is C17H16N2O4S. The Morgan fingerprint density at radius 1 is 1.29 bits per heavy atom. The summed E-state index contributed by atoms with van der Waals surface area (Å²) in [6.07, 6.45) is 3.60. The maximum absolute atomic E-state index is 12.5. The van der Waals surface area contributed by atoms with E-state index in [0.29, 0.717) is 4.91 Å². The van der Waals surface area contributed by atoms with Crippen LogP contribution in [0.5, 0.6) is 0 Å². The first-order valence-corrected chi connectivity index (χ1v) is 8.14. The molecule has 3 rings (SSSR count). The van der Waals surface area contributed by atoms with Gasteiger partial charge in [-0.05, 0) is 30.8 Å². The van der Waals surface area contributed by atoms with E-state index >= 15 is 0 Å². The summed E-state index contributed by atoms with van der Waals surface area (Å²) in [7, 11) is 3.15. The van der Waals surface area contributed by atoms with Crippen molar-refractivity contribution >= 4 is 45.9 Å². The Bertz CT molecular complexity index is 884. The van der Waals surface area contributed by atoms with Crippen molar-refractivity contribution in [3.8, 4) is 0 Å². The van der Waals surface area contributed by atoms with Crippen LogP contribution in [0.15, 0.2) is 35.4 Å². The quantitative estimate of drug-likeness (QED) is 0.633. The minimum atomic E-state index is -0.944. The third-order valence-electron chi connectivity index (χ3n) is 3.97. The second-order valence-electron chi connectivity index (χ2n) is 5.46. The summed E-state index contributed by atoms with van der Waals surface area (Å²) < 4.78 is 6.58. The van der Waals surface area contributed by atoms with E-state index in [0.717, 1.165) is 33.1 Å². The smallest absolute Gasteiger partial charge is 0.328 e. The average Bonchev–Trinajstić information content (AvgIpc) is 3.04. The monoisotopic (exact) mass is 344 g/mol. The third kappa shape index (κ3) is 2.60. The van der Waals surface area contributed by atoms with Crippen molar-refractivity contribution in [1.29, 1.82) is 0 Å². The van der Waals surface area contributed by atoms with Crippen LogP contribution < -0.4 is 0 Å². The summed E-state index contributed by atoms with van der Waals surface area (Å²) in [4.78, 5) is 37.5. The maximum atomic E-state index is 12.5. The maximum Gasteiger partial charge on any atom is 0.328 e. The van der Waals surface area contributed by atoms with Crippen LogP contribution >= 0.6 is 11.8 Å². The molecule has 2 heterocycles. The molecule has 1 aromatic heterocycles. The summed E-state index contributed by atoms with van der Waals surface area (Å²) in [6, 6.07) is 6.86. The van der Waals surface area contributed by atoms with Gasteiger partial charge in [0.1, 0.15) is 6.04 Å². The Hall–Kier alpha value is -2.54. The Kier molecular flexibility index (Phi) is 4.19. The second-order valence-corrected chi connectivity index (χ2v) is 6.46. The number of carbonyl (C=O) groups excluding carboxylic acids is 3. The Balaban J connectivity index is 1.98. The normalized spacial score (nSPS) is 17.8. The number of nitrogens with zero attached hydrogens (tertiary/aromatic N) is 2. The van der Waals surface area contributed by atoms with Gasteiger partial charge in [0.15, 0.2) is 0 Å². The van der Waals surface area contributed by atoms with Crippen molar-refractivity contribution in [3.05, 3.63) is 40.9 Å². The Morgan fingerprint density at radius 3 is 2.71 bits per heavy atom. The van der Waals surface area contributed by atoms with Crippen molar-refractivity contribution in [2.75, 3.05) is 7.11 Å². The topological polar surface area (TPSA) is 68.6 Å². The fourth-order valence-electron chi connectivity index (χ4n) is 2.72. The summed E-state index contributed by atoms with van der Waals surface area (Å²) in [6.45, 7) is 1.48. The molecule has 0 spiro atoms. The van der Waals surface area contributed by atoms with E-state index < -0.39 is 23.2 Å². The number of hydrogen-bond acceptors (Lipinski definition) is 5. The Morgan fingerprint density at radius 2 is 2.00 bits per heavy atom. The zero-order valence-electron chi connectivity index (χ0n) is 13.5. The van der Waals surface area contributed by atoms with Crippen LogP contribution in [-0.2, 0) is 21.4 Å². The lowest BCUT2D eigenvalue weighted by Gasteiger charge is -2.18. The summed E-state index contributed by atoms with van der Waals surface area (Å²) in [5, 5.41) is 0.525. The molecule has 2 aromatic rings. The van der Waals surface area contributed by atoms with Gasteiger partial charge in [-0.1, -0.05) is 18.2 Å². The number of aryl methyl sites for hydroxylation is 1. The number of para-hydroxylation sites is 1. The number of imide groups is 1. The number of rotatable bonds is 3. The SMILES string of the molecule is COC(=O)C(C)N1C(=O)SC(=Cc2cn(C)c3ccccc23)C1=O. The molecule has 1 fully saturated rings. The predicted molar refractivity (Wildman–Crippen MR) is 92.2 cm³/mol. The van der Waals surface area contributed by atoms with E-state index in [4.69, 9.17) is 0 Å². The number of esters is 1. The largest absolute Gasteiger partial charge is 0.467 e. The van der Waals surface area contributed by atoms with Gasteiger partial charge < -0.3 is 9.30 Å². The van der Waals surface area contributed by atoms with Gasteiger partial charge in [-0.15, -0.1) is 0 Å². The first-order chi connectivity index (χ1) is 11.4. The molecule has 0 N–H and O–H groups in total. The van der Waals surface area contributed by atoms with Crippen LogP contribution in [0.25, 0.3) is 17.0 Å². The van der Waals surface area contributed by atoms with E-state index in [1.165, 1.54) is 14.0 Å². The molecule has 1 saturated heterocycles. The summed E-state index contributed by atoms with van der Waals surface area (Å²) >= 11 is 0.832. The van der Waals surface area contributed by atoms with E-state index in [2.05, 4.69) is 4.74 Å². The van der Waals surface area contributed by atoms with Crippen molar-refractivity contribution in [1.82, 2.24) is 9.47 Å². The van der Waals surface area contributed by atoms with Crippen molar-refractivity contribution in [2.45, 2.75) is 13.0 Å². The first kappa shape index (κ1) is 16.3. The van der Waals surface area contributed by atoms with Gasteiger partial charge in [0.25, 0.3) is 11.1 Å². The van der Waals surface area contributed by atoms with Crippen molar-refractivity contribution in [3.63, 3.8) is 0 Å². The van der Waals surface area contributed by atoms with E-state index in [1.54, 1.807) is 6.08 Å². The highest BCUT2D eigenvalue weighted by molar-refractivity contribution is 8.18. The van der Waals surface area contributed by atoms with Gasteiger partial charge in [0, 0.05) is 29.7 Å². The molecule has 24 heavy (non-hydrogen) atoms. The number of fused-ring (bicyclic) bond motifs is 1. The predicted octanol–water partition coefficient (Wildman–Crippen LogP) is 2.78. The van der Waals surface area contributed by atoms with E-state index in [9.17, 15) is 14.4 Å². The second kappa shape index (κ2) is 6.16.